The average Bonchev–Trinajstić information content (AvgIpc) is 3.28. The third-order valence-electron chi connectivity index (χ3n) is 12.2. The Morgan fingerprint density at radius 3 is 0.982 bits per heavy atom. The van der Waals surface area contributed by atoms with E-state index < -0.39 is 0 Å². The fourth-order valence-corrected chi connectivity index (χ4v) is 9.51. The maximum Gasteiger partial charge on any atom is 0.0706 e. The van der Waals surface area contributed by atoms with Gasteiger partial charge in [0, 0.05) is 16.7 Å². The second kappa shape index (κ2) is 13.7. The van der Waals surface area contributed by atoms with Crippen LogP contribution in [0.5, 0.6) is 0 Å². The molecule has 3 fully saturated rings. The van der Waals surface area contributed by atoms with E-state index in [-0.39, 0.29) is 18.1 Å². The Hall–Kier alpha value is -6.49. The van der Waals surface area contributed by atoms with Crippen molar-refractivity contribution in [3.63, 3.8) is 0 Å². The number of benzene rings is 6. The van der Waals surface area contributed by atoms with Crippen LogP contribution in [-0.4, -0.2) is 19.9 Å². The normalized spacial score (nSPS) is 20.5. The summed E-state index contributed by atoms with van der Waals surface area (Å²) in [5.74, 6) is 0.503. The second-order valence-corrected chi connectivity index (χ2v) is 15.6. The lowest BCUT2D eigenvalue weighted by molar-refractivity contribution is -0.0595. The minimum Gasteiger partial charge on any atom is -0.278 e. The van der Waals surface area contributed by atoms with Gasteiger partial charge in [0.05, 0.1) is 52.3 Å². The first-order valence-electron chi connectivity index (χ1n) is 19.9. The van der Waals surface area contributed by atoms with Crippen molar-refractivity contribution >= 4 is 32.3 Å². The van der Waals surface area contributed by atoms with E-state index in [9.17, 15) is 0 Å². The lowest BCUT2D eigenvalue weighted by atomic mass is 9.72. The fourth-order valence-electron chi connectivity index (χ4n) is 9.51. The molecule has 0 radical (unpaired) electrons. The van der Waals surface area contributed by atoms with Crippen LogP contribution >= 0.6 is 0 Å². The third kappa shape index (κ3) is 5.94. The van der Waals surface area contributed by atoms with E-state index in [1.165, 1.54) is 32.3 Å². The van der Waals surface area contributed by atoms with Gasteiger partial charge in [-0.25, -0.2) is 0 Å². The van der Waals surface area contributed by atoms with E-state index >= 15 is 0 Å². The Balaban J connectivity index is 1.01. The number of nitrogens with zero attached hydrogens (tertiary/aromatic N) is 4. The molecule has 2 bridgehead atoms. The van der Waals surface area contributed by atoms with Crippen molar-refractivity contribution in [2.75, 3.05) is 0 Å². The maximum atomic E-state index is 5.45. The minimum atomic E-state index is 0.121. The Morgan fingerprint density at radius 2 is 0.643 bits per heavy atom. The zero-order valence-corrected chi connectivity index (χ0v) is 31.0. The summed E-state index contributed by atoms with van der Waals surface area (Å²) in [4.78, 5) is 19.1. The molecule has 6 heterocycles. The molecule has 0 N–H and O–H groups in total. The topological polar surface area (TPSA) is 41.9 Å². The summed E-state index contributed by atoms with van der Waals surface area (Å²) in [7, 11) is 0. The predicted molar refractivity (Wildman–Crippen MR) is 229 cm³/mol. The Bertz CT molecular complexity index is 2600. The van der Waals surface area contributed by atoms with Gasteiger partial charge in [0.15, 0.2) is 0 Å². The fraction of sp³-hybridized carbons (Fsp3) is 0.135. The lowest BCUT2D eigenvalue weighted by Crippen LogP contribution is -2.48. The summed E-state index contributed by atoms with van der Waals surface area (Å²) in [5.41, 5.74) is 9.81. The first kappa shape index (κ1) is 32.9. The van der Waals surface area contributed by atoms with Crippen molar-refractivity contribution in [3.8, 4) is 33.8 Å². The molecule has 0 saturated carbocycles. The molecule has 0 amide bonds. The number of piperidine rings is 3. The highest BCUT2D eigenvalue weighted by Gasteiger charge is 2.48. The van der Waals surface area contributed by atoms with Crippen LogP contribution in [0.25, 0.3) is 66.1 Å². The first-order chi connectivity index (χ1) is 27.7. The molecule has 3 aliphatic rings. The van der Waals surface area contributed by atoms with Gasteiger partial charge in [0.1, 0.15) is 0 Å². The molecule has 3 atom stereocenters. The van der Waals surface area contributed by atoms with Gasteiger partial charge in [-0.15, -0.1) is 0 Å². The monoisotopic (exact) mass is 720 g/mol. The van der Waals surface area contributed by atoms with Gasteiger partial charge in [0.2, 0.25) is 0 Å². The second-order valence-electron chi connectivity index (χ2n) is 15.6. The molecule has 0 spiro atoms. The Labute approximate surface area is 327 Å². The highest BCUT2D eigenvalue weighted by atomic mass is 15.3. The van der Waals surface area contributed by atoms with E-state index in [1.54, 1.807) is 0 Å². The maximum absolute atomic E-state index is 5.45. The van der Waals surface area contributed by atoms with E-state index in [4.69, 9.17) is 15.0 Å². The van der Waals surface area contributed by atoms with E-state index in [0.717, 1.165) is 70.1 Å². The van der Waals surface area contributed by atoms with E-state index in [0.29, 0.717) is 5.92 Å². The predicted octanol–water partition coefficient (Wildman–Crippen LogP) is 13.0. The number of fused-ring (bicyclic) bond motifs is 6. The summed E-state index contributed by atoms with van der Waals surface area (Å²) in [6.07, 6.45) is 3.20. The van der Waals surface area contributed by atoms with Gasteiger partial charge in [-0.2, -0.15) is 0 Å². The van der Waals surface area contributed by atoms with Crippen molar-refractivity contribution in [3.05, 3.63) is 199 Å². The number of hydrogen-bond acceptors (Lipinski definition) is 4. The van der Waals surface area contributed by atoms with Crippen LogP contribution in [-0.2, 0) is 0 Å². The largest absolute Gasteiger partial charge is 0.278 e. The highest BCUT2D eigenvalue weighted by molar-refractivity contribution is 5.88. The molecule has 268 valence electrons. The van der Waals surface area contributed by atoms with Crippen LogP contribution in [0.3, 0.4) is 0 Å². The zero-order valence-electron chi connectivity index (χ0n) is 31.0. The number of hydrogen-bond donors (Lipinski definition) is 0. The third-order valence-corrected chi connectivity index (χ3v) is 12.2. The van der Waals surface area contributed by atoms with E-state index in [2.05, 4.69) is 187 Å². The zero-order chi connectivity index (χ0) is 37.0. The molecule has 6 aromatic carbocycles. The molecule has 3 aliphatic heterocycles. The Morgan fingerprint density at radius 1 is 0.321 bits per heavy atom. The quantitative estimate of drug-likeness (QED) is 0.171. The van der Waals surface area contributed by atoms with Crippen molar-refractivity contribution < 1.29 is 0 Å². The van der Waals surface area contributed by atoms with Crippen LogP contribution < -0.4 is 0 Å². The van der Waals surface area contributed by atoms with Crippen LogP contribution in [0.2, 0.25) is 0 Å². The average molecular weight is 721 g/mol. The summed E-state index contributed by atoms with van der Waals surface area (Å²) in [5, 5.41) is 7.41. The van der Waals surface area contributed by atoms with Gasteiger partial charge in [-0.05, 0) is 112 Å². The molecule has 0 aliphatic carbocycles. The highest BCUT2D eigenvalue weighted by Crippen LogP contribution is 2.56. The van der Waals surface area contributed by atoms with Crippen LogP contribution in [0.4, 0.5) is 0 Å². The standard InChI is InChI=1S/C52H40N4/c1-4-13-38-31-41(25-22-35(38)10-1)44-16-7-19-47(53-44)50-28-34-29-51(48-20-8-17-45(54-48)42-26-23-36-11-2-5-14-39(36)32-42)56(50)52(30-34)49-21-9-18-46(55-49)43-27-24-37-12-3-6-15-40(37)33-43/h1-27,31-34,50-52H,28-30H2/t50-,51-,52?/m1/s1. The molecule has 12 rings (SSSR count). The van der Waals surface area contributed by atoms with Crippen LogP contribution in [0.15, 0.2) is 182 Å². The molecular weight excluding hydrogens is 681 g/mol. The van der Waals surface area contributed by atoms with Gasteiger partial charge in [-0.3, -0.25) is 19.9 Å². The molecular formula is C52H40N4. The molecule has 1 unspecified atom stereocenters. The summed E-state index contributed by atoms with van der Waals surface area (Å²) < 4.78 is 0. The van der Waals surface area contributed by atoms with E-state index in [1.807, 2.05) is 0 Å². The summed E-state index contributed by atoms with van der Waals surface area (Å²) in [6.45, 7) is 0. The van der Waals surface area contributed by atoms with Crippen LogP contribution in [0.1, 0.15) is 54.5 Å². The summed E-state index contributed by atoms with van der Waals surface area (Å²) in [6, 6.07) is 65.8. The SMILES string of the molecule is c1cc(-c2ccc3ccccc3c2)nc(C2CC3C[C@H](c4cccc(-c5ccc6ccccc6c5)n4)N2[C@@H](c2cccc(-c4ccc5ccccc5c4)n2)C3)c1. The van der Waals surface area contributed by atoms with Crippen molar-refractivity contribution in [2.24, 2.45) is 5.92 Å². The summed E-state index contributed by atoms with van der Waals surface area (Å²) >= 11 is 0. The molecule has 3 aromatic heterocycles. The van der Waals surface area contributed by atoms with Crippen molar-refractivity contribution in [1.29, 1.82) is 0 Å². The first-order valence-corrected chi connectivity index (χ1v) is 19.9. The van der Waals surface area contributed by atoms with Crippen molar-refractivity contribution in [2.45, 2.75) is 37.4 Å². The van der Waals surface area contributed by atoms with Crippen LogP contribution in [0, 0.1) is 5.92 Å². The molecule has 3 saturated heterocycles. The lowest BCUT2D eigenvalue weighted by Gasteiger charge is -2.54. The number of pyridine rings is 3. The minimum absolute atomic E-state index is 0.121. The Kier molecular flexibility index (Phi) is 8.03. The van der Waals surface area contributed by atoms with Gasteiger partial charge in [0.25, 0.3) is 0 Å². The smallest absolute Gasteiger partial charge is 0.0706 e. The van der Waals surface area contributed by atoms with Gasteiger partial charge < -0.3 is 0 Å². The molecule has 56 heavy (non-hydrogen) atoms. The molecule has 4 heteroatoms. The number of rotatable bonds is 6. The molecule has 4 nitrogen and oxygen atoms in total. The van der Waals surface area contributed by atoms with Gasteiger partial charge >= 0.3 is 0 Å². The number of aromatic nitrogens is 3. The van der Waals surface area contributed by atoms with Gasteiger partial charge in [-0.1, -0.05) is 127 Å². The van der Waals surface area contributed by atoms with Crippen molar-refractivity contribution in [1.82, 2.24) is 19.9 Å². The molecule has 9 aromatic rings.